The van der Waals surface area contributed by atoms with Gasteiger partial charge in [0, 0.05) is 10.6 Å². The van der Waals surface area contributed by atoms with Gasteiger partial charge in [-0.1, -0.05) is 30.3 Å². The van der Waals surface area contributed by atoms with E-state index < -0.39 is 23.6 Å². The molecule has 0 aliphatic rings. The first kappa shape index (κ1) is 14.6. The van der Waals surface area contributed by atoms with E-state index in [1.807, 2.05) is 0 Å². The van der Waals surface area contributed by atoms with Gasteiger partial charge in [0.25, 0.3) is 0 Å². The predicted octanol–water partition coefficient (Wildman–Crippen LogP) is 3.72. The van der Waals surface area contributed by atoms with Gasteiger partial charge in [0.2, 0.25) is 0 Å². The zero-order valence-corrected chi connectivity index (χ0v) is 10.2. The lowest BCUT2D eigenvalue weighted by Crippen LogP contribution is -2.25. The van der Waals surface area contributed by atoms with Crippen molar-refractivity contribution in [1.29, 1.82) is 0 Å². The normalized spacial score (nSPS) is 12.9. The Kier molecular flexibility index (Phi) is 4.40. The quantitative estimate of drug-likeness (QED) is 0.622. The molecule has 0 radical (unpaired) electrons. The van der Waals surface area contributed by atoms with E-state index in [1.165, 1.54) is 24.3 Å². The maximum absolute atomic E-state index is 12.6. The van der Waals surface area contributed by atoms with Crippen LogP contribution in [-0.4, -0.2) is 19.3 Å². The molecule has 1 unspecified atom stereocenters. The van der Waals surface area contributed by atoms with Crippen LogP contribution in [0.4, 0.5) is 13.2 Å². The van der Waals surface area contributed by atoms with Crippen molar-refractivity contribution in [3.05, 3.63) is 47.0 Å². The smallest absolute Gasteiger partial charge is 0.413 e. The maximum atomic E-state index is 12.6. The topological polar surface area (TPSA) is 26.3 Å². The van der Waals surface area contributed by atoms with Crippen LogP contribution in [0.5, 0.6) is 0 Å². The SMILES string of the molecule is C=C(C(C(=O)OC)c1ccc(Cl)cc1)C(F)(F)F. The Morgan fingerprint density at radius 3 is 2.22 bits per heavy atom. The largest absolute Gasteiger partial charge is 0.468 e. The second-order valence-corrected chi connectivity index (χ2v) is 3.97. The number of alkyl halides is 3. The number of esters is 1. The maximum Gasteiger partial charge on any atom is 0.413 e. The molecule has 18 heavy (non-hydrogen) atoms. The van der Waals surface area contributed by atoms with E-state index in [2.05, 4.69) is 11.3 Å². The molecule has 0 aliphatic carbocycles. The third-order valence-electron chi connectivity index (χ3n) is 2.35. The van der Waals surface area contributed by atoms with Crippen molar-refractivity contribution < 1.29 is 22.7 Å². The Morgan fingerprint density at radius 2 is 1.83 bits per heavy atom. The second kappa shape index (κ2) is 5.44. The molecular formula is C12H10ClF3O2. The summed E-state index contributed by atoms with van der Waals surface area (Å²) in [4.78, 5) is 11.5. The summed E-state index contributed by atoms with van der Waals surface area (Å²) in [6.07, 6.45) is -4.67. The molecule has 0 heterocycles. The zero-order valence-electron chi connectivity index (χ0n) is 9.42. The molecule has 0 saturated carbocycles. The van der Waals surface area contributed by atoms with Crippen LogP contribution in [0.2, 0.25) is 5.02 Å². The number of ether oxygens (including phenoxy) is 1. The van der Waals surface area contributed by atoms with Crippen LogP contribution >= 0.6 is 11.6 Å². The number of halogens is 4. The van der Waals surface area contributed by atoms with Gasteiger partial charge in [-0.3, -0.25) is 4.79 Å². The highest BCUT2D eigenvalue weighted by molar-refractivity contribution is 6.30. The highest BCUT2D eigenvalue weighted by Crippen LogP contribution is 2.36. The standard InChI is InChI=1S/C12H10ClF3O2/c1-7(12(14,15)16)10(11(17)18-2)8-3-5-9(13)6-4-8/h3-6,10H,1H2,2H3. The van der Waals surface area contributed by atoms with E-state index >= 15 is 0 Å². The molecule has 0 fully saturated rings. The van der Waals surface area contributed by atoms with Crippen LogP contribution in [0.3, 0.4) is 0 Å². The van der Waals surface area contributed by atoms with Gasteiger partial charge in [0.1, 0.15) is 5.92 Å². The van der Waals surface area contributed by atoms with Crippen LogP contribution in [0.25, 0.3) is 0 Å². The van der Waals surface area contributed by atoms with Crippen molar-refractivity contribution in [2.45, 2.75) is 12.1 Å². The Balaban J connectivity index is 3.18. The minimum Gasteiger partial charge on any atom is -0.468 e. The minimum absolute atomic E-state index is 0.133. The van der Waals surface area contributed by atoms with Gasteiger partial charge in [0.05, 0.1) is 7.11 Å². The molecule has 0 bridgehead atoms. The Labute approximate surface area is 107 Å². The summed E-state index contributed by atoms with van der Waals surface area (Å²) >= 11 is 5.64. The lowest BCUT2D eigenvalue weighted by atomic mass is 9.91. The van der Waals surface area contributed by atoms with Crippen LogP contribution in [0, 0.1) is 0 Å². The highest BCUT2D eigenvalue weighted by Gasteiger charge is 2.41. The van der Waals surface area contributed by atoms with E-state index in [4.69, 9.17) is 11.6 Å². The molecule has 1 aromatic carbocycles. The molecule has 0 N–H and O–H groups in total. The highest BCUT2D eigenvalue weighted by atomic mass is 35.5. The Hall–Kier alpha value is -1.49. The van der Waals surface area contributed by atoms with Crippen LogP contribution in [0.1, 0.15) is 11.5 Å². The Bertz CT molecular complexity index is 451. The first-order valence-corrected chi connectivity index (χ1v) is 5.24. The molecule has 1 atom stereocenters. The fourth-order valence-electron chi connectivity index (χ4n) is 1.42. The molecule has 98 valence electrons. The molecule has 0 aromatic heterocycles. The van der Waals surface area contributed by atoms with Gasteiger partial charge in [-0.2, -0.15) is 13.2 Å². The van der Waals surface area contributed by atoms with E-state index in [0.29, 0.717) is 5.02 Å². The summed E-state index contributed by atoms with van der Waals surface area (Å²) in [5.41, 5.74) is -1.04. The molecule has 0 spiro atoms. The first-order chi connectivity index (χ1) is 8.27. The number of carbonyl (C=O) groups excluding carboxylic acids is 1. The van der Waals surface area contributed by atoms with Crippen molar-refractivity contribution >= 4 is 17.6 Å². The molecular weight excluding hydrogens is 269 g/mol. The summed E-state index contributed by atoms with van der Waals surface area (Å²) < 4.78 is 42.3. The van der Waals surface area contributed by atoms with Gasteiger partial charge in [-0.25, -0.2) is 0 Å². The third kappa shape index (κ3) is 3.26. The molecule has 0 saturated heterocycles. The summed E-state index contributed by atoms with van der Waals surface area (Å²) in [6, 6.07) is 5.47. The second-order valence-electron chi connectivity index (χ2n) is 3.53. The van der Waals surface area contributed by atoms with Crippen molar-refractivity contribution in [3.8, 4) is 0 Å². The van der Waals surface area contributed by atoms with Gasteiger partial charge in [-0.05, 0) is 17.7 Å². The molecule has 2 nitrogen and oxygen atoms in total. The fraction of sp³-hybridized carbons (Fsp3) is 0.250. The number of hydrogen-bond acceptors (Lipinski definition) is 2. The van der Waals surface area contributed by atoms with Crippen molar-refractivity contribution in [2.24, 2.45) is 0 Å². The average molecular weight is 279 g/mol. The fourth-order valence-corrected chi connectivity index (χ4v) is 1.54. The van der Waals surface area contributed by atoms with E-state index in [9.17, 15) is 18.0 Å². The van der Waals surface area contributed by atoms with Crippen molar-refractivity contribution in [3.63, 3.8) is 0 Å². The third-order valence-corrected chi connectivity index (χ3v) is 2.60. The summed E-state index contributed by atoms with van der Waals surface area (Å²) in [7, 11) is 1.02. The molecule has 0 aliphatic heterocycles. The molecule has 6 heteroatoms. The number of methoxy groups -OCH3 is 1. The van der Waals surface area contributed by atoms with Crippen LogP contribution in [-0.2, 0) is 9.53 Å². The number of benzene rings is 1. The Morgan fingerprint density at radius 1 is 1.33 bits per heavy atom. The monoisotopic (exact) mass is 278 g/mol. The molecule has 1 aromatic rings. The van der Waals surface area contributed by atoms with Gasteiger partial charge in [-0.15, -0.1) is 0 Å². The minimum atomic E-state index is -4.67. The van der Waals surface area contributed by atoms with E-state index in [-0.39, 0.29) is 5.56 Å². The van der Waals surface area contributed by atoms with Crippen LogP contribution < -0.4 is 0 Å². The van der Waals surface area contributed by atoms with E-state index in [0.717, 1.165) is 7.11 Å². The van der Waals surface area contributed by atoms with Gasteiger partial charge >= 0.3 is 12.1 Å². The number of rotatable bonds is 3. The van der Waals surface area contributed by atoms with Gasteiger partial charge in [0.15, 0.2) is 0 Å². The summed E-state index contributed by atoms with van der Waals surface area (Å²) in [5.74, 6) is -2.59. The summed E-state index contributed by atoms with van der Waals surface area (Å²) in [5, 5.41) is 0.361. The average Bonchev–Trinajstić information content (AvgIpc) is 2.30. The molecule has 0 amide bonds. The predicted molar refractivity (Wildman–Crippen MR) is 61.4 cm³/mol. The van der Waals surface area contributed by atoms with E-state index in [1.54, 1.807) is 0 Å². The molecule has 1 rings (SSSR count). The zero-order chi connectivity index (χ0) is 13.9. The summed E-state index contributed by atoms with van der Waals surface area (Å²) in [6.45, 7) is 2.94. The number of hydrogen-bond donors (Lipinski definition) is 0. The first-order valence-electron chi connectivity index (χ1n) is 4.86. The van der Waals surface area contributed by atoms with Crippen molar-refractivity contribution in [1.82, 2.24) is 0 Å². The van der Waals surface area contributed by atoms with Crippen LogP contribution in [0.15, 0.2) is 36.4 Å². The van der Waals surface area contributed by atoms with Gasteiger partial charge < -0.3 is 4.74 Å². The lowest BCUT2D eigenvalue weighted by Gasteiger charge is -2.19. The number of carbonyl (C=O) groups is 1. The van der Waals surface area contributed by atoms with Crippen molar-refractivity contribution in [2.75, 3.05) is 7.11 Å². The lowest BCUT2D eigenvalue weighted by molar-refractivity contribution is -0.145.